The molecule has 0 aromatic heterocycles. The van der Waals surface area contributed by atoms with Crippen LogP contribution in [0.25, 0.3) is 0 Å². The first-order valence-corrected chi connectivity index (χ1v) is 4.01. The van der Waals surface area contributed by atoms with Crippen LogP contribution in [0.5, 0.6) is 0 Å². The normalized spacial score (nSPS) is 5.27. The number of carbonyl (C=O) groups is 1. The molecule has 0 unspecified atom stereocenters. The third-order valence-electron chi connectivity index (χ3n) is 0.600. The van der Waals surface area contributed by atoms with Crippen molar-refractivity contribution in [1.29, 1.82) is 0 Å². The van der Waals surface area contributed by atoms with E-state index in [4.69, 9.17) is 0 Å². The summed E-state index contributed by atoms with van der Waals surface area (Å²) in [6.45, 7) is 9.82. The first-order valence-electron chi connectivity index (χ1n) is 4.01. The van der Waals surface area contributed by atoms with Gasteiger partial charge in [-0.3, -0.25) is 4.79 Å². The molecule has 0 heterocycles. The van der Waals surface area contributed by atoms with Crippen LogP contribution in [-0.2, 0) is 4.79 Å². The molecule has 0 rings (SSSR count). The molecule has 1 N–H and O–H groups in total. The highest BCUT2D eigenvalue weighted by atomic mass is 16.1. The second-order valence-corrected chi connectivity index (χ2v) is 1.03. The fourth-order valence-corrected chi connectivity index (χ4v) is 0.177. The van der Waals surface area contributed by atoms with Crippen LogP contribution in [0.2, 0.25) is 0 Å². The number of hydrogen-bond donors (Lipinski definition) is 1. The lowest BCUT2D eigenvalue weighted by Crippen LogP contribution is -2.15. The van der Waals surface area contributed by atoms with Crippen molar-refractivity contribution < 1.29 is 4.79 Å². The van der Waals surface area contributed by atoms with Crippen molar-refractivity contribution in [3.05, 3.63) is 0 Å². The molecule has 67 valence electrons. The summed E-state index contributed by atoms with van der Waals surface area (Å²) in [5.74, 6) is 0.0926. The number of nitrogens with one attached hydrogen (secondary N) is 1. The molecule has 3 heteroatoms. The summed E-state index contributed by atoms with van der Waals surface area (Å²) in [7, 11) is 1.63. The Labute approximate surface area is 73.3 Å². The van der Waals surface area contributed by atoms with Crippen molar-refractivity contribution in [2.24, 2.45) is 0 Å². The van der Waals surface area contributed by atoms with Gasteiger partial charge >= 0.3 is 0 Å². The smallest absolute Gasteiger partial charge is 0.219 e. The van der Waals surface area contributed by atoms with Crippen molar-refractivity contribution in [1.82, 2.24) is 5.32 Å². The topological polar surface area (TPSA) is 29.1 Å². The fraction of sp³-hybridized carbons (Fsp3) is 0.875. The first kappa shape index (κ1) is 22.4. The number of carbonyl (C=O) groups excluding carboxylic acids is 1. The van der Waals surface area contributed by atoms with Gasteiger partial charge in [0.15, 0.2) is 0 Å². The van der Waals surface area contributed by atoms with Crippen molar-refractivity contribution in [2.45, 2.75) is 41.0 Å². The maximum Gasteiger partial charge on any atom is 0.219 e. The Kier molecular flexibility index (Phi) is 68.9. The van der Waals surface area contributed by atoms with Gasteiger partial charge in [0.1, 0.15) is 0 Å². The zero-order chi connectivity index (χ0) is 8.99. The summed E-state index contributed by atoms with van der Waals surface area (Å²) in [6, 6.07) is 0. The van der Waals surface area contributed by atoms with Gasteiger partial charge in [-0.1, -0.05) is 34.6 Å². The third kappa shape index (κ3) is 43.3. The third-order valence-corrected chi connectivity index (χ3v) is 0.600. The van der Waals surface area contributed by atoms with E-state index in [1.165, 1.54) is 0 Å². The summed E-state index contributed by atoms with van der Waals surface area (Å²) in [5, 5.41) is 2.48. The predicted octanol–water partition coefficient (Wildman–Crippen LogP) is 1.81. The average molecular weight is 158 g/mol. The molecular formula is C8H21BNO. The molecule has 0 fully saturated rings. The molecular weight excluding hydrogens is 137 g/mol. The number of amides is 1. The lowest BCUT2D eigenvalue weighted by Gasteiger charge is -1.87. The average Bonchev–Trinajstić information content (AvgIpc) is 2.10. The van der Waals surface area contributed by atoms with Crippen LogP contribution in [-0.4, -0.2) is 21.4 Å². The summed E-state index contributed by atoms with van der Waals surface area (Å²) >= 11 is 0. The molecule has 0 saturated carbocycles. The lowest BCUT2D eigenvalue weighted by atomic mass is 10.5. The molecule has 0 spiro atoms. The van der Waals surface area contributed by atoms with Crippen molar-refractivity contribution in [3.8, 4) is 0 Å². The fourth-order valence-electron chi connectivity index (χ4n) is 0.177. The molecule has 0 aromatic rings. The molecule has 0 saturated heterocycles. The molecule has 0 aromatic carbocycles. The van der Waals surface area contributed by atoms with Crippen LogP contribution in [0, 0.1) is 0 Å². The quantitative estimate of drug-likeness (QED) is 0.579. The van der Waals surface area contributed by atoms with E-state index in [-0.39, 0.29) is 14.3 Å². The summed E-state index contributed by atoms with van der Waals surface area (Å²) in [5.41, 5.74) is 0. The number of hydrogen-bond acceptors (Lipinski definition) is 1. The molecule has 1 amide bonds. The Morgan fingerprint density at radius 3 is 1.45 bits per heavy atom. The molecule has 0 aliphatic heterocycles. The highest BCUT2D eigenvalue weighted by Gasteiger charge is 1.84. The van der Waals surface area contributed by atoms with E-state index < -0.39 is 0 Å². The van der Waals surface area contributed by atoms with E-state index in [1.54, 1.807) is 7.05 Å². The zero-order valence-electron chi connectivity index (χ0n) is 8.69. The van der Waals surface area contributed by atoms with Gasteiger partial charge in [-0.2, -0.15) is 0 Å². The van der Waals surface area contributed by atoms with Crippen LogP contribution < -0.4 is 5.32 Å². The molecule has 0 bridgehead atoms. The molecule has 0 aliphatic carbocycles. The maximum absolute atomic E-state index is 10.1. The maximum atomic E-state index is 10.1. The zero-order valence-corrected chi connectivity index (χ0v) is 8.69. The molecule has 11 heavy (non-hydrogen) atoms. The van der Waals surface area contributed by atoms with Crippen LogP contribution in [0.3, 0.4) is 0 Å². The van der Waals surface area contributed by atoms with Crippen LogP contribution in [0.1, 0.15) is 41.0 Å². The molecule has 0 atom stereocenters. The van der Waals surface area contributed by atoms with Gasteiger partial charge in [0, 0.05) is 21.9 Å². The minimum absolute atomic E-state index is 0. The van der Waals surface area contributed by atoms with E-state index in [2.05, 4.69) is 5.32 Å². The van der Waals surface area contributed by atoms with Crippen molar-refractivity contribution in [3.63, 3.8) is 0 Å². The van der Waals surface area contributed by atoms with Gasteiger partial charge in [0.25, 0.3) is 0 Å². The molecule has 0 aliphatic rings. The minimum atomic E-state index is 0. The lowest BCUT2D eigenvalue weighted by molar-refractivity contribution is -0.120. The van der Waals surface area contributed by atoms with Crippen molar-refractivity contribution in [2.75, 3.05) is 7.05 Å². The summed E-state index contributed by atoms with van der Waals surface area (Å²) < 4.78 is 0. The van der Waals surface area contributed by atoms with Gasteiger partial charge in [0.2, 0.25) is 5.91 Å². The van der Waals surface area contributed by atoms with Gasteiger partial charge in [-0.25, -0.2) is 0 Å². The van der Waals surface area contributed by atoms with E-state index in [9.17, 15) is 4.79 Å². The Morgan fingerprint density at radius 2 is 1.45 bits per heavy atom. The van der Waals surface area contributed by atoms with E-state index in [0.717, 1.165) is 0 Å². The van der Waals surface area contributed by atoms with Gasteiger partial charge in [0.05, 0.1) is 0 Å². The Hall–Kier alpha value is -0.465. The van der Waals surface area contributed by atoms with E-state index in [1.807, 2.05) is 34.6 Å². The Morgan fingerprint density at radius 1 is 1.18 bits per heavy atom. The van der Waals surface area contributed by atoms with Gasteiger partial charge in [-0.15, -0.1) is 0 Å². The van der Waals surface area contributed by atoms with E-state index in [0.29, 0.717) is 6.42 Å². The SMILES string of the molecule is CC.CC.CCC(=O)NC.[B]. The van der Waals surface area contributed by atoms with Crippen molar-refractivity contribution >= 4 is 14.3 Å². The van der Waals surface area contributed by atoms with Gasteiger partial charge in [-0.05, 0) is 0 Å². The standard InChI is InChI=1S/C4H9NO.2C2H6.B/c1-3-4(6)5-2;2*1-2;/h3H2,1-2H3,(H,5,6);2*1-2H3;. The first-order chi connectivity index (χ1) is 4.81. The minimum Gasteiger partial charge on any atom is -0.359 e. The Balaban J connectivity index is -0.0000000428. The molecule has 3 radical (unpaired) electrons. The van der Waals surface area contributed by atoms with Gasteiger partial charge < -0.3 is 5.32 Å². The molecule has 2 nitrogen and oxygen atoms in total. The summed E-state index contributed by atoms with van der Waals surface area (Å²) in [6.07, 6.45) is 0.580. The van der Waals surface area contributed by atoms with Crippen LogP contribution >= 0.6 is 0 Å². The summed E-state index contributed by atoms with van der Waals surface area (Å²) in [4.78, 5) is 10.1. The Bertz CT molecular complexity index is 52.1. The predicted molar refractivity (Wildman–Crippen MR) is 52.8 cm³/mol. The van der Waals surface area contributed by atoms with Crippen LogP contribution in [0.15, 0.2) is 0 Å². The second kappa shape index (κ2) is 33.8. The number of rotatable bonds is 1. The second-order valence-electron chi connectivity index (χ2n) is 1.03. The van der Waals surface area contributed by atoms with Crippen LogP contribution in [0.4, 0.5) is 0 Å². The van der Waals surface area contributed by atoms with E-state index >= 15 is 0 Å². The monoisotopic (exact) mass is 158 g/mol. The highest BCUT2D eigenvalue weighted by Crippen LogP contribution is 1.68. The highest BCUT2D eigenvalue weighted by molar-refractivity contribution is 5.75. The largest absolute Gasteiger partial charge is 0.359 e.